The molecule has 1 spiro atoms. The third-order valence-corrected chi connectivity index (χ3v) is 10.5. The normalized spacial score (nSPS) is 30.8. The van der Waals surface area contributed by atoms with Gasteiger partial charge in [-0.25, -0.2) is 9.87 Å². The minimum atomic E-state index is -1.23. The summed E-state index contributed by atoms with van der Waals surface area (Å²) < 4.78 is 12.5. The van der Waals surface area contributed by atoms with Gasteiger partial charge in [-0.3, -0.25) is 19.3 Å². The van der Waals surface area contributed by atoms with Gasteiger partial charge in [0.2, 0.25) is 5.91 Å². The van der Waals surface area contributed by atoms with E-state index >= 15 is 0 Å². The molecule has 2 amide bonds. The Morgan fingerprint density at radius 3 is 2.29 bits per heavy atom. The highest BCUT2D eigenvalue weighted by molar-refractivity contribution is 7.20. The van der Waals surface area contributed by atoms with E-state index in [0.29, 0.717) is 27.8 Å². The second kappa shape index (κ2) is 10.1. The fourth-order valence-electron chi connectivity index (χ4n) is 7.98. The van der Waals surface area contributed by atoms with Crippen molar-refractivity contribution >= 4 is 39.3 Å². The second-order valence-corrected chi connectivity index (χ2v) is 13.0. The zero-order valence-corrected chi connectivity index (χ0v) is 24.2. The number of aromatic hydroxyl groups is 1. The quantitative estimate of drug-likeness (QED) is 0.231. The molecular weight excluding hydrogens is 560 g/mol. The number of nitrogens with zero attached hydrogens (tertiary/aromatic N) is 2. The SMILES string of the molecule is CC(=O)Oc1ccc(C2(OCCN(C(C)=O)C(=O)c3nc4ccc(O)cc4s3)OOC23C2CC4CC(C2)CC3C4)cc1. The smallest absolute Gasteiger partial charge is 0.308 e. The first-order valence-corrected chi connectivity index (χ1v) is 15.2. The lowest BCUT2D eigenvalue weighted by Crippen LogP contribution is -2.76. The van der Waals surface area contributed by atoms with Crippen LogP contribution < -0.4 is 4.74 Å². The van der Waals surface area contributed by atoms with Gasteiger partial charge in [-0.1, -0.05) is 0 Å². The van der Waals surface area contributed by atoms with Crippen molar-refractivity contribution < 1.29 is 38.7 Å². The average molecular weight is 593 g/mol. The number of carbonyl (C=O) groups excluding carboxylic acids is 3. The van der Waals surface area contributed by atoms with Crippen LogP contribution in [0.15, 0.2) is 42.5 Å². The number of ether oxygens (including phenoxy) is 2. The maximum absolute atomic E-state index is 13.4. The molecule has 5 fully saturated rings. The molecule has 10 nitrogen and oxygen atoms in total. The van der Waals surface area contributed by atoms with Crippen molar-refractivity contribution in [3.63, 3.8) is 0 Å². The first kappa shape index (κ1) is 27.5. The number of amides is 2. The number of phenolic OH excluding ortho intramolecular Hbond substituents is 1. The summed E-state index contributed by atoms with van der Waals surface area (Å²) in [7, 11) is 0. The number of thiazole rings is 1. The Bertz CT molecular complexity index is 1540. The van der Waals surface area contributed by atoms with Gasteiger partial charge < -0.3 is 14.6 Å². The molecule has 1 aromatic heterocycles. The van der Waals surface area contributed by atoms with Crippen LogP contribution in [-0.2, 0) is 29.9 Å². The van der Waals surface area contributed by atoms with E-state index in [2.05, 4.69) is 4.98 Å². The Kier molecular flexibility index (Phi) is 6.61. The number of imide groups is 1. The van der Waals surface area contributed by atoms with E-state index in [-0.39, 0.29) is 35.7 Å². The fourth-order valence-corrected chi connectivity index (χ4v) is 8.92. The fraction of sp³-hybridized carbons (Fsp3) is 0.484. The van der Waals surface area contributed by atoms with Crippen LogP contribution in [0.5, 0.6) is 11.5 Å². The lowest BCUT2D eigenvalue weighted by Gasteiger charge is -2.69. The van der Waals surface area contributed by atoms with E-state index in [1.165, 1.54) is 26.3 Å². The zero-order valence-electron chi connectivity index (χ0n) is 23.4. The van der Waals surface area contributed by atoms with Crippen LogP contribution >= 0.6 is 11.3 Å². The highest BCUT2D eigenvalue weighted by Crippen LogP contribution is 2.69. The van der Waals surface area contributed by atoms with Crippen LogP contribution in [0.2, 0.25) is 0 Å². The van der Waals surface area contributed by atoms with Crippen molar-refractivity contribution in [2.24, 2.45) is 23.7 Å². The molecule has 4 aliphatic carbocycles. The van der Waals surface area contributed by atoms with Crippen LogP contribution in [0.3, 0.4) is 0 Å². The number of benzene rings is 2. The first-order valence-electron chi connectivity index (χ1n) is 14.4. The van der Waals surface area contributed by atoms with Crippen molar-refractivity contribution in [1.29, 1.82) is 0 Å². The molecular formula is C31H32N2O8S. The van der Waals surface area contributed by atoms with Gasteiger partial charge in [0.05, 0.1) is 23.4 Å². The van der Waals surface area contributed by atoms with E-state index < -0.39 is 29.2 Å². The summed E-state index contributed by atoms with van der Waals surface area (Å²) in [5, 5.41) is 9.95. The van der Waals surface area contributed by atoms with E-state index in [1.807, 2.05) is 12.1 Å². The van der Waals surface area contributed by atoms with Crippen molar-refractivity contribution in [3.05, 3.63) is 53.0 Å². The molecule has 1 aliphatic heterocycles. The van der Waals surface area contributed by atoms with Gasteiger partial charge in [0, 0.05) is 19.4 Å². The monoisotopic (exact) mass is 592 g/mol. The second-order valence-electron chi connectivity index (χ2n) is 12.0. The number of fused-ring (bicyclic) bond motifs is 1. The van der Waals surface area contributed by atoms with E-state index in [1.54, 1.807) is 24.3 Å². The van der Waals surface area contributed by atoms with Gasteiger partial charge >= 0.3 is 5.97 Å². The summed E-state index contributed by atoms with van der Waals surface area (Å²) in [6.07, 6.45) is 5.49. The van der Waals surface area contributed by atoms with E-state index in [0.717, 1.165) is 47.5 Å². The van der Waals surface area contributed by atoms with Gasteiger partial charge in [0.15, 0.2) is 10.6 Å². The van der Waals surface area contributed by atoms with E-state index in [9.17, 15) is 19.5 Å². The standard InChI is InChI=1S/C31H32N2O8S/c1-17(34)33(29(37)28-32-26-8-5-24(36)16-27(26)42-28)9-10-38-31(21-3-6-25(7-4-21)39-18(2)35)30(40-41-31)22-12-19-11-20(14-22)15-23(30)13-19/h3-8,16,19-20,22-23,36H,9-15H2,1-2H3. The van der Waals surface area contributed by atoms with Crippen LogP contribution in [0, 0.1) is 23.7 Å². The minimum Gasteiger partial charge on any atom is -0.508 e. The molecule has 1 unspecified atom stereocenters. The Morgan fingerprint density at radius 1 is 1.00 bits per heavy atom. The summed E-state index contributed by atoms with van der Waals surface area (Å²) in [5.41, 5.74) is 0.633. The summed E-state index contributed by atoms with van der Waals surface area (Å²) in [6.45, 7) is 2.69. The molecule has 1 atom stereocenters. The number of hydrogen-bond acceptors (Lipinski definition) is 10. The number of aromatic nitrogens is 1. The lowest BCUT2D eigenvalue weighted by molar-refractivity contribution is -0.648. The van der Waals surface area contributed by atoms with Gasteiger partial charge in [0.25, 0.3) is 11.7 Å². The third kappa shape index (κ3) is 4.24. The molecule has 8 rings (SSSR count). The van der Waals surface area contributed by atoms with Gasteiger partial charge in [0.1, 0.15) is 11.5 Å². The lowest BCUT2D eigenvalue weighted by atomic mass is 9.47. The van der Waals surface area contributed by atoms with Crippen LogP contribution in [0.4, 0.5) is 0 Å². The van der Waals surface area contributed by atoms with Gasteiger partial charge in [-0.05, 0) is 98.2 Å². The molecule has 0 radical (unpaired) electrons. The number of carbonyl (C=O) groups is 3. The zero-order chi connectivity index (χ0) is 29.2. The minimum absolute atomic E-state index is 0.0113. The largest absolute Gasteiger partial charge is 0.508 e. The van der Waals surface area contributed by atoms with Crippen LogP contribution in [0.25, 0.3) is 10.2 Å². The molecule has 4 bridgehead atoms. The van der Waals surface area contributed by atoms with Crippen molar-refractivity contribution in [3.8, 4) is 11.5 Å². The molecule has 4 saturated carbocycles. The Labute approximate surface area is 246 Å². The molecule has 220 valence electrons. The highest BCUT2D eigenvalue weighted by atomic mass is 32.1. The molecule has 3 aromatic rings. The molecule has 2 heterocycles. The van der Waals surface area contributed by atoms with E-state index in [4.69, 9.17) is 19.2 Å². The average Bonchev–Trinajstić information content (AvgIpc) is 3.35. The van der Waals surface area contributed by atoms with Crippen molar-refractivity contribution in [1.82, 2.24) is 9.88 Å². The molecule has 2 aromatic carbocycles. The van der Waals surface area contributed by atoms with Crippen LogP contribution in [0.1, 0.15) is 61.3 Å². The maximum atomic E-state index is 13.4. The molecule has 1 N–H and O–H groups in total. The number of phenols is 1. The Hall–Kier alpha value is -3.38. The number of hydrogen-bond donors (Lipinski definition) is 1. The summed E-state index contributed by atoms with van der Waals surface area (Å²) in [5.74, 6) is -0.200. The first-order chi connectivity index (χ1) is 20.2. The Balaban J connectivity index is 1.16. The van der Waals surface area contributed by atoms with Crippen LogP contribution in [-0.4, -0.2) is 51.5 Å². The molecule has 5 aliphatic rings. The predicted octanol–water partition coefficient (Wildman–Crippen LogP) is 4.94. The molecule has 11 heteroatoms. The Morgan fingerprint density at radius 2 is 1.69 bits per heavy atom. The number of rotatable bonds is 7. The van der Waals surface area contributed by atoms with Crippen molar-refractivity contribution in [2.75, 3.05) is 13.2 Å². The highest BCUT2D eigenvalue weighted by Gasteiger charge is 2.76. The summed E-state index contributed by atoms with van der Waals surface area (Å²) >= 11 is 1.12. The third-order valence-electron chi connectivity index (χ3n) is 9.46. The topological polar surface area (TPSA) is 124 Å². The molecule has 42 heavy (non-hydrogen) atoms. The maximum Gasteiger partial charge on any atom is 0.308 e. The van der Waals surface area contributed by atoms with Gasteiger partial charge in [-0.2, -0.15) is 4.89 Å². The molecule has 1 saturated heterocycles. The summed E-state index contributed by atoms with van der Waals surface area (Å²) in [4.78, 5) is 55.2. The van der Waals surface area contributed by atoms with Crippen molar-refractivity contribution in [2.45, 2.75) is 57.3 Å². The summed E-state index contributed by atoms with van der Waals surface area (Å²) in [6, 6.07) is 11.8. The van der Waals surface area contributed by atoms with Gasteiger partial charge in [-0.15, -0.1) is 11.3 Å². The predicted molar refractivity (Wildman–Crippen MR) is 150 cm³/mol. The number of esters is 1.